The Morgan fingerprint density at radius 2 is 2.20 bits per heavy atom. The minimum atomic E-state index is -0.420. The van der Waals surface area contributed by atoms with Crippen LogP contribution in [-0.4, -0.2) is 15.4 Å². The van der Waals surface area contributed by atoms with Crippen molar-refractivity contribution in [1.82, 2.24) is 4.57 Å². The Kier molecular flexibility index (Phi) is 4.29. The lowest BCUT2D eigenvalue weighted by molar-refractivity contribution is -0.384. The number of thiazole rings is 1. The number of hydrogen-bond acceptors (Lipinski definition) is 4. The minimum absolute atomic E-state index is 0.0453. The first-order valence-corrected chi connectivity index (χ1v) is 7.23. The van der Waals surface area contributed by atoms with E-state index in [4.69, 9.17) is 0 Å². The number of carbonyl (C=O) groups is 1. The quantitative estimate of drug-likeness (QED) is 0.642. The number of fused-ring (bicyclic) bond motifs is 1. The summed E-state index contributed by atoms with van der Waals surface area (Å²) in [5, 5.41) is 10.8. The maximum atomic E-state index is 11.7. The topological polar surface area (TPSA) is 77.5 Å². The molecule has 0 saturated carbocycles. The highest BCUT2D eigenvalue weighted by molar-refractivity contribution is 7.16. The smallest absolute Gasteiger partial charge is 0.271 e. The first kappa shape index (κ1) is 14.4. The van der Waals surface area contributed by atoms with E-state index in [1.165, 1.54) is 23.5 Å². The van der Waals surface area contributed by atoms with Gasteiger partial charge < -0.3 is 4.57 Å². The second-order valence-electron chi connectivity index (χ2n) is 4.29. The molecule has 0 spiro atoms. The van der Waals surface area contributed by atoms with Gasteiger partial charge in [0.1, 0.15) is 0 Å². The average Bonchev–Trinajstić information content (AvgIpc) is 2.74. The van der Waals surface area contributed by atoms with Crippen LogP contribution in [0.3, 0.4) is 0 Å². The number of nitrogens with zero attached hydrogens (tertiary/aromatic N) is 3. The van der Waals surface area contributed by atoms with Gasteiger partial charge in [0.25, 0.3) is 5.69 Å². The van der Waals surface area contributed by atoms with Gasteiger partial charge in [0.05, 0.1) is 15.1 Å². The van der Waals surface area contributed by atoms with Crippen molar-refractivity contribution in [1.29, 1.82) is 0 Å². The molecule has 0 N–H and O–H groups in total. The predicted molar refractivity (Wildman–Crippen MR) is 77.6 cm³/mol. The van der Waals surface area contributed by atoms with Gasteiger partial charge in [-0.05, 0) is 19.4 Å². The van der Waals surface area contributed by atoms with E-state index in [-0.39, 0.29) is 11.6 Å². The van der Waals surface area contributed by atoms with E-state index in [1.54, 1.807) is 6.07 Å². The fourth-order valence-electron chi connectivity index (χ4n) is 1.94. The number of amides is 1. The van der Waals surface area contributed by atoms with Crippen LogP contribution in [0.5, 0.6) is 0 Å². The lowest BCUT2D eigenvalue weighted by Gasteiger charge is -1.99. The molecular weight excluding hydrogens is 278 g/mol. The number of aromatic nitrogens is 1. The molecule has 2 rings (SSSR count). The Balaban J connectivity index is 2.62. The number of nitro groups is 1. The number of aryl methyl sites for hydroxylation is 1. The summed E-state index contributed by atoms with van der Waals surface area (Å²) in [4.78, 5) is 26.8. The molecule has 7 heteroatoms. The minimum Gasteiger partial charge on any atom is -0.316 e. The molecule has 6 nitrogen and oxygen atoms in total. The predicted octanol–water partition coefficient (Wildman–Crippen LogP) is 2.86. The maximum Gasteiger partial charge on any atom is 0.271 e. The molecule has 1 aromatic carbocycles. The van der Waals surface area contributed by atoms with Crippen molar-refractivity contribution < 1.29 is 9.72 Å². The van der Waals surface area contributed by atoms with Crippen molar-refractivity contribution in [2.45, 2.75) is 33.2 Å². The van der Waals surface area contributed by atoms with Crippen molar-refractivity contribution in [2.75, 3.05) is 0 Å². The Hall–Kier alpha value is -2.02. The number of rotatable bonds is 4. The van der Waals surface area contributed by atoms with Crippen LogP contribution in [-0.2, 0) is 11.3 Å². The van der Waals surface area contributed by atoms with E-state index < -0.39 is 4.92 Å². The highest BCUT2D eigenvalue weighted by Gasteiger charge is 2.11. The highest BCUT2D eigenvalue weighted by atomic mass is 32.1. The van der Waals surface area contributed by atoms with Gasteiger partial charge in [0, 0.05) is 25.1 Å². The average molecular weight is 293 g/mol. The molecule has 0 aliphatic rings. The van der Waals surface area contributed by atoms with Crippen LogP contribution in [0.15, 0.2) is 23.2 Å². The number of non-ortho nitro benzene ring substituents is 1. The molecule has 20 heavy (non-hydrogen) atoms. The Morgan fingerprint density at radius 3 is 2.80 bits per heavy atom. The van der Waals surface area contributed by atoms with Gasteiger partial charge in [-0.2, -0.15) is 4.99 Å². The largest absolute Gasteiger partial charge is 0.316 e. The number of benzene rings is 1. The highest BCUT2D eigenvalue weighted by Crippen LogP contribution is 2.22. The fourth-order valence-corrected chi connectivity index (χ4v) is 3.03. The van der Waals surface area contributed by atoms with Gasteiger partial charge in [0.15, 0.2) is 4.80 Å². The van der Waals surface area contributed by atoms with Crippen LogP contribution in [0.2, 0.25) is 0 Å². The van der Waals surface area contributed by atoms with Crippen molar-refractivity contribution in [3.8, 4) is 0 Å². The van der Waals surface area contributed by atoms with Crippen LogP contribution in [0, 0.1) is 10.1 Å². The third-order valence-corrected chi connectivity index (χ3v) is 3.94. The van der Waals surface area contributed by atoms with Crippen LogP contribution in [0.4, 0.5) is 5.69 Å². The first-order valence-electron chi connectivity index (χ1n) is 6.42. The van der Waals surface area contributed by atoms with Crippen molar-refractivity contribution >= 4 is 33.1 Å². The van der Waals surface area contributed by atoms with Gasteiger partial charge in [-0.25, -0.2) is 0 Å². The molecule has 0 saturated heterocycles. The SMILES string of the molecule is CCCC(=O)N=c1sc2ccc([N+](=O)[O-])cc2n1CC. The Labute approximate surface area is 119 Å². The van der Waals surface area contributed by atoms with E-state index in [1.807, 2.05) is 18.4 Å². The van der Waals surface area contributed by atoms with Gasteiger partial charge in [0.2, 0.25) is 5.91 Å². The summed E-state index contributed by atoms with van der Waals surface area (Å²) in [6, 6.07) is 4.70. The van der Waals surface area contributed by atoms with Crippen molar-refractivity contribution in [3.63, 3.8) is 0 Å². The van der Waals surface area contributed by atoms with E-state index in [9.17, 15) is 14.9 Å². The van der Waals surface area contributed by atoms with Gasteiger partial charge in [-0.3, -0.25) is 14.9 Å². The number of nitro benzene ring substituents is 1. The Bertz CT molecular complexity index is 730. The van der Waals surface area contributed by atoms with E-state index >= 15 is 0 Å². The molecule has 0 radical (unpaired) electrons. The second kappa shape index (κ2) is 5.96. The van der Waals surface area contributed by atoms with Crippen LogP contribution < -0.4 is 4.80 Å². The fraction of sp³-hybridized carbons (Fsp3) is 0.385. The summed E-state index contributed by atoms with van der Waals surface area (Å²) in [5.41, 5.74) is 0.790. The molecule has 0 fully saturated rings. The van der Waals surface area contributed by atoms with E-state index in [2.05, 4.69) is 4.99 Å². The Morgan fingerprint density at radius 1 is 1.45 bits per heavy atom. The van der Waals surface area contributed by atoms with Crippen molar-refractivity contribution in [2.24, 2.45) is 4.99 Å². The molecule has 0 aliphatic heterocycles. The zero-order valence-electron chi connectivity index (χ0n) is 11.3. The van der Waals surface area contributed by atoms with E-state index in [0.717, 1.165) is 16.6 Å². The molecule has 1 aromatic heterocycles. The molecule has 0 unspecified atom stereocenters. The number of carbonyl (C=O) groups excluding carboxylic acids is 1. The van der Waals surface area contributed by atoms with E-state index in [0.29, 0.717) is 17.8 Å². The molecule has 0 bridgehead atoms. The lowest BCUT2D eigenvalue weighted by atomic mass is 10.3. The zero-order valence-corrected chi connectivity index (χ0v) is 12.1. The molecule has 1 heterocycles. The molecule has 0 aliphatic carbocycles. The second-order valence-corrected chi connectivity index (χ2v) is 5.30. The number of hydrogen-bond donors (Lipinski definition) is 0. The monoisotopic (exact) mass is 293 g/mol. The van der Waals surface area contributed by atoms with Crippen LogP contribution in [0.25, 0.3) is 10.2 Å². The summed E-state index contributed by atoms with van der Waals surface area (Å²) >= 11 is 1.38. The standard InChI is InChI=1S/C13H15N3O3S/c1-3-5-12(17)14-13-15(4-2)10-8-9(16(18)19)6-7-11(10)20-13/h6-8H,3-5H2,1-2H3. The third-order valence-electron chi connectivity index (χ3n) is 2.88. The zero-order chi connectivity index (χ0) is 14.7. The van der Waals surface area contributed by atoms with Crippen molar-refractivity contribution in [3.05, 3.63) is 33.1 Å². The van der Waals surface area contributed by atoms with Gasteiger partial charge >= 0.3 is 0 Å². The summed E-state index contributed by atoms with van der Waals surface area (Å²) < 4.78 is 2.72. The molecule has 2 aromatic rings. The summed E-state index contributed by atoms with van der Waals surface area (Å²) in [5.74, 6) is -0.157. The third kappa shape index (κ3) is 2.77. The molecule has 106 valence electrons. The summed E-state index contributed by atoms with van der Waals surface area (Å²) in [7, 11) is 0. The normalized spacial score (nSPS) is 12.0. The maximum absolute atomic E-state index is 11.7. The van der Waals surface area contributed by atoms with Gasteiger partial charge in [-0.1, -0.05) is 18.3 Å². The molecule has 0 atom stereocenters. The molecular formula is C13H15N3O3S. The first-order chi connectivity index (χ1) is 9.56. The van der Waals surface area contributed by atoms with Gasteiger partial charge in [-0.15, -0.1) is 0 Å². The van der Waals surface area contributed by atoms with Crippen LogP contribution in [0.1, 0.15) is 26.7 Å². The summed E-state index contributed by atoms with van der Waals surface area (Å²) in [6.45, 7) is 4.46. The van der Waals surface area contributed by atoms with Crippen LogP contribution >= 0.6 is 11.3 Å². The lowest BCUT2D eigenvalue weighted by Crippen LogP contribution is -2.15. The summed E-state index contributed by atoms with van der Waals surface area (Å²) in [6.07, 6.45) is 1.17. The molecule has 1 amide bonds.